The molecule has 1 saturated carbocycles. The standard InChI is InChI=1S/C17H30BrN3/c1-6-14-17(18)16(21(5)20-14)10-13-9-12(11(2)3)7-8-15(13)19-4/h11-13,15,19H,6-10H2,1-5H3. The fourth-order valence-corrected chi connectivity index (χ4v) is 4.58. The molecule has 3 nitrogen and oxygen atoms in total. The van der Waals surface area contributed by atoms with Crippen LogP contribution in [0.15, 0.2) is 4.47 Å². The topological polar surface area (TPSA) is 29.9 Å². The Bertz CT molecular complexity index is 467. The SMILES string of the molecule is CCc1nn(C)c(CC2CC(C(C)C)CCC2NC)c1Br. The fourth-order valence-electron chi connectivity index (χ4n) is 3.80. The van der Waals surface area contributed by atoms with Gasteiger partial charge in [0.1, 0.15) is 0 Å². The number of hydrogen-bond donors (Lipinski definition) is 1. The van der Waals surface area contributed by atoms with E-state index < -0.39 is 0 Å². The van der Waals surface area contributed by atoms with Crippen LogP contribution in [-0.2, 0) is 19.9 Å². The first-order valence-electron chi connectivity index (χ1n) is 8.35. The number of halogens is 1. The fraction of sp³-hybridized carbons (Fsp3) is 0.824. The first-order valence-corrected chi connectivity index (χ1v) is 9.14. The predicted molar refractivity (Wildman–Crippen MR) is 92.5 cm³/mol. The molecule has 0 aliphatic heterocycles. The lowest BCUT2D eigenvalue weighted by atomic mass is 9.72. The van der Waals surface area contributed by atoms with Crippen LogP contribution in [0, 0.1) is 17.8 Å². The molecule has 1 N–H and O–H groups in total. The second kappa shape index (κ2) is 7.28. The number of aromatic nitrogens is 2. The van der Waals surface area contributed by atoms with Crippen molar-refractivity contribution >= 4 is 15.9 Å². The average Bonchev–Trinajstić information content (AvgIpc) is 2.74. The van der Waals surface area contributed by atoms with Gasteiger partial charge in [0.05, 0.1) is 15.9 Å². The Morgan fingerprint density at radius 2 is 2.10 bits per heavy atom. The van der Waals surface area contributed by atoms with Gasteiger partial charge in [0.2, 0.25) is 0 Å². The first kappa shape index (κ1) is 17.0. The van der Waals surface area contributed by atoms with Crippen LogP contribution in [-0.4, -0.2) is 22.9 Å². The minimum absolute atomic E-state index is 0.645. The molecule has 0 bridgehead atoms. The van der Waals surface area contributed by atoms with E-state index in [0.717, 1.165) is 24.7 Å². The maximum Gasteiger partial charge on any atom is 0.0766 e. The monoisotopic (exact) mass is 355 g/mol. The molecular formula is C17H30BrN3. The molecule has 3 atom stereocenters. The predicted octanol–water partition coefficient (Wildman–Crippen LogP) is 3.95. The highest BCUT2D eigenvalue weighted by Crippen LogP contribution is 2.37. The Hall–Kier alpha value is -0.350. The van der Waals surface area contributed by atoms with Crippen LogP contribution in [0.4, 0.5) is 0 Å². The summed E-state index contributed by atoms with van der Waals surface area (Å²) in [6, 6.07) is 0.645. The molecule has 3 unspecified atom stereocenters. The maximum atomic E-state index is 4.65. The van der Waals surface area contributed by atoms with Gasteiger partial charge >= 0.3 is 0 Å². The second-order valence-corrected chi connectivity index (χ2v) is 7.65. The Labute approximate surface area is 138 Å². The molecular weight excluding hydrogens is 326 g/mol. The third-order valence-corrected chi connectivity index (χ3v) is 6.21. The molecule has 1 heterocycles. The summed E-state index contributed by atoms with van der Waals surface area (Å²) in [6.07, 6.45) is 6.12. The van der Waals surface area contributed by atoms with Gasteiger partial charge in [-0.15, -0.1) is 0 Å². The molecule has 1 aromatic rings. The van der Waals surface area contributed by atoms with E-state index >= 15 is 0 Å². The van der Waals surface area contributed by atoms with E-state index in [9.17, 15) is 0 Å². The molecule has 0 amide bonds. The van der Waals surface area contributed by atoms with E-state index in [1.165, 1.54) is 35.1 Å². The zero-order chi connectivity index (χ0) is 15.6. The van der Waals surface area contributed by atoms with Gasteiger partial charge < -0.3 is 5.32 Å². The third-order valence-electron chi connectivity index (χ3n) is 5.30. The second-order valence-electron chi connectivity index (χ2n) is 6.86. The van der Waals surface area contributed by atoms with E-state index in [1.54, 1.807) is 0 Å². The molecule has 1 aliphatic carbocycles. The van der Waals surface area contributed by atoms with Crippen LogP contribution >= 0.6 is 15.9 Å². The van der Waals surface area contributed by atoms with Gasteiger partial charge in [-0.2, -0.15) is 5.10 Å². The van der Waals surface area contributed by atoms with Gasteiger partial charge in [-0.25, -0.2) is 0 Å². The van der Waals surface area contributed by atoms with Crippen LogP contribution < -0.4 is 5.32 Å². The summed E-state index contributed by atoms with van der Waals surface area (Å²) in [5.74, 6) is 2.39. The molecule has 2 rings (SSSR count). The van der Waals surface area contributed by atoms with Crippen LogP contribution in [0.5, 0.6) is 0 Å². The Morgan fingerprint density at radius 3 is 2.62 bits per heavy atom. The van der Waals surface area contributed by atoms with E-state index in [-0.39, 0.29) is 0 Å². The Balaban J connectivity index is 2.17. The van der Waals surface area contributed by atoms with E-state index in [4.69, 9.17) is 0 Å². The summed E-state index contributed by atoms with van der Waals surface area (Å²) < 4.78 is 3.31. The van der Waals surface area contributed by atoms with Crippen molar-refractivity contribution in [3.8, 4) is 0 Å². The molecule has 0 aromatic carbocycles. The molecule has 0 saturated heterocycles. The summed E-state index contributed by atoms with van der Waals surface area (Å²) in [5.41, 5.74) is 2.55. The zero-order valence-electron chi connectivity index (χ0n) is 14.1. The van der Waals surface area contributed by atoms with Crippen molar-refractivity contribution in [1.29, 1.82) is 0 Å². The van der Waals surface area contributed by atoms with Crippen molar-refractivity contribution in [3.05, 3.63) is 15.9 Å². The normalized spacial score (nSPS) is 26.5. The summed E-state index contributed by atoms with van der Waals surface area (Å²) in [6.45, 7) is 6.91. The smallest absolute Gasteiger partial charge is 0.0766 e. The van der Waals surface area contributed by atoms with Gasteiger partial charge in [0.25, 0.3) is 0 Å². The van der Waals surface area contributed by atoms with Crippen molar-refractivity contribution in [1.82, 2.24) is 15.1 Å². The van der Waals surface area contributed by atoms with Crippen molar-refractivity contribution in [2.75, 3.05) is 7.05 Å². The molecule has 120 valence electrons. The van der Waals surface area contributed by atoms with Crippen LogP contribution in [0.2, 0.25) is 0 Å². The molecule has 0 radical (unpaired) electrons. The third kappa shape index (κ3) is 3.70. The lowest BCUT2D eigenvalue weighted by Crippen LogP contribution is -2.41. The summed E-state index contributed by atoms with van der Waals surface area (Å²) >= 11 is 3.77. The number of nitrogens with one attached hydrogen (secondary N) is 1. The molecule has 1 fully saturated rings. The van der Waals surface area contributed by atoms with Gasteiger partial charge in [-0.1, -0.05) is 20.8 Å². The number of aryl methyl sites for hydroxylation is 2. The molecule has 4 heteroatoms. The lowest BCUT2D eigenvalue weighted by Gasteiger charge is -2.38. The molecule has 1 aromatic heterocycles. The van der Waals surface area contributed by atoms with Gasteiger partial charge in [0, 0.05) is 13.1 Å². The van der Waals surface area contributed by atoms with E-state index in [2.05, 4.69) is 65.9 Å². The minimum Gasteiger partial charge on any atom is -0.317 e. The van der Waals surface area contributed by atoms with Crippen LogP contribution in [0.25, 0.3) is 0 Å². The largest absolute Gasteiger partial charge is 0.317 e. The summed E-state index contributed by atoms with van der Waals surface area (Å²) in [4.78, 5) is 0. The van der Waals surface area contributed by atoms with Gasteiger partial charge in [-0.3, -0.25) is 4.68 Å². The highest BCUT2D eigenvalue weighted by molar-refractivity contribution is 9.10. The molecule has 21 heavy (non-hydrogen) atoms. The molecule has 1 aliphatic rings. The number of nitrogens with zero attached hydrogens (tertiary/aromatic N) is 2. The minimum atomic E-state index is 0.645. The first-order chi connectivity index (χ1) is 9.97. The number of rotatable bonds is 5. The highest BCUT2D eigenvalue weighted by atomic mass is 79.9. The summed E-state index contributed by atoms with van der Waals surface area (Å²) in [7, 11) is 4.19. The Kier molecular flexibility index (Phi) is 5.89. The summed E-state index contributed by atoms with van der Waals surface area (Å²) in [5, 5.41) is 8.20. The lowest BCUT2D eigenvalue weighted by molar-refractivity contribution is 0.171. The Morgan fingerprint density at radius 1 is 1.38 bits per heavy atom. The zero-order valence-corrected chi connectivity index (χ0v) is 15.7. The van der Waals surface area contributed by atoms with Gasteiger partial charge in [0.15, 0.2) is 0 Å². The van der Waals surface area contributed by atoms with Crippen molar-refractivity contribution in [3.63, 3.8) is 0 Å². The highest BCUT2D eigenvalue weighted by Gasteiger charge is 2.32. The average molecular weight is 356 g/mol. The van der Waals surface area contributed by atoms with E-state index in [0.29, 0.717) is 12.0 Å². The number of hydrogen-bond acceptors (Lipinski definition) is 2. The van der Waals surface area contributed by atoms with Crippen molar-refractivity contribution in [2.24, 2.45) is 24.8 Å². The molecule has 0 spiro atoms. The maximum absolute atomic E-state index is 4.65. The van der Waals surface area contributed by atoms with Crippen LogP contribution in [0.3, 0.4) is 0 Å². The van der Waals surface area contributed by atoms with Crippen molar-refractivity contribution in [2.45, 2.75) is 58.9 Å². The van der Waals surface area contributed by atoms with Crippen molar-refractivity contribution < 1.29 is 0 Å². The van der Waals surface area contributed by atoms with Crippen LogP contribution in [0.1, 0.15) is 51.4 Å². The van der Waals surface area contributed by atoms with E-state index in [1.807, 2.05) is 0 Å². The quantitative estimate of drug-likeness (QED) is 0.866. The van der Waals surface area contributed by atoms with Gasteiger partial charge in [-0.05, 0) is 72.8 Å².